The Kier molecular flexibility index (Phi) is 4.01. The van der Waals surface area contributed by atoms with E-state index in [1.165, 1.54) is 23.5 Å². The second kappa shape index (κ2) is 5.93. The maximum atomic E-state index is 12.9. The van der Waals surface area contributed by atoms with E-state index in [0.29, 0.717) is 5.13 Å². The third kappa shape index (κ3) is 3.12. The number of thiazole rings is 1. The van der Waals surface area contributed by atoms with Gasteiger partial charge >= 0.3 is 0 Å². The van der Waals surface area contributed by atoms with Crippen molar-refractivity contribution in [2.24, 2.45) is 0 Å². The lowest BCUT2D eigenvalue weighted by molar-refractivity contribution is 0.223. The van der Waals surface area contributed by atoms with Gasteiger partial charge in [0.2, 0.25) is 0 Å². The average Bonchev–Trinajstić information content (AvgIpc) is 3.10. The SMILES string of the molecule is Cc1nc(Nc2ccc(F)cc2)sc1C(O)c1ccsc1. The largest absolute Gasteiger partial charge is 0.383 e. The number of nitrogens with one attached hydrogen (secondary N) is 1. The first kappa shape index (κ1) is 14.2. The van der Waals surface area contributed by atoms with E-state index in [2.05, 4.69) is 10.3 Å². The van der Waals surface area contributed by atoms with Gasteiger partial charge in [-0.2, -0.15) is 11.3 Å². The second-order valence-electron chi connectivity index (χ2n) is 4.56. The fraction of sp³-hybridized carbons (Fsp3) is 0.133. The molecule has 1 aromatic carbocycles. The predicted molar refractivity (Wildman–Crippen MR) is 84.9 cm³/mol. The van der Waals surface area contributed by atoms with Gasteiger partial charge in [-0.25, -0.2) is 9.37 Å². The summed E-state index contributed by atoms with van der Waals surface area (Å²) < 4.78 is 12.9. The minimum atomic E-state index is -0.655. The summed E-state index contributed by atoms with van der Waals surface area (Å²) in [5.74, 6) is -0.274. The Bertz CT molecular complexity index is 723. The van der Waals surface area contributed by atoms with Gasteiger partial charge in [-0.1, -0.05) is 11.3 Å². The summed E-state index contributed by atoms with van der Waals surface area (Å²) in [5.41, 5.74) is 2.44. The molecule has 6 heteroatoms. The van der Waals surface area contributed by atoms with Crippen LogP contribution in [0.3, 0.4) is 0 Å². The third-order valence-electron chi connectivity index (χ3n) is 3.04. The van der Waals surface area contributed by atoms with Crippen molar-refractivity contribution >= 4 is 33.5 Å². The summed E-state index contributed by atoms with van der Waals surface area (Å²) in [6.45, 7) is 1.87. The van der Waals surface area contributed by atoms with Crippen molar-refractivity contribution in [3.8, 4) is 0 Å². The Morgan fingerprint density at radius 1 is 1.24 bits per heavy atom. The van der Waals surface area contributed by atoms with Crippen LogP contribution in [-0.2, 0) is 0 Å². The number of anilines is 2. The molecule has 1 atom stereocenters. The molecular weight excluding hydrogens is 307 g/mol. The molecule has 3 rings (SSSR count). The van der Waals surface area contributed by atoms with Gasteiger partial charge in [-0.3, -0.25) is 0 Å². The molecule has 0 amide bonds. The molecule has 2 heterocycles. The number of aryl methyl sites for hydroxylation is 1. The van der Waals surface area contributed by atoms with Gasteiger partial charge in [0.25, 0.3) is 0 Å². The summed E-state index contributed by atoms with van der Waals surface area (Å²) in [6.07, 6.45) is -0.655. The number of halogens is 1. The highest BCUT2D eigenvalue weighted by Crippen LogP contribution is 2.34. The van der Waals surface area contributed by atoms with Crippen LogP contribution in [0.1, 0.15) is 22.2 Å². The maximum Gasteiger partial charge on any atom is 0.187 e. The van der Waals surface area contributed by atoms with Crippen molar-refractivity contribution in [2.75, 3.05) is 5.32 Å². The van der Waals surface area contributed by atoms with Crippen LogP contribution in [0.2, 0.25) is 0 Å². The van der Waals surface area contributed by atoms with E-state index in [4.69, 9.17) is 0 Å². The van der Waals surface area contributed by atoms with Gasteiger partial charge in [0, 0.05) is 5.69 Å². The highest BCUT2D eigenvalue weighted by molar-refractivity contribution is 7.15. The van der Waals surface area contributed by atoms with Gasteiger partial charge in [0.1, 0.15) is 11.9 Å². The lowest BCUT2D eigenvalue weighted by Gasteiger charge is -2.06. The topological polar surface area (TPSA) is 45.2 Å². The van der Waals surface area contributed by atoms with Crippen LogP contribution in [0, 0.1) is 12.7 Å². The molecule has 0 saturated heterocycles. The van der Waals surface area contributed by atoms with Crippen LogP contribution < -0.4 is 5.32 Å². The smallest absolute Gasteiger partial charge is 0.187 e. The van der Waals surface area contributed by atoms with Gasteiger partial charge in [0.15, 0.2) is 5.13 Å². The molecule has 0 aliphatic carbocycles. The lowest BCUT2D eigenvalue weighted by atomic mass is 10.1. The van der Waals surface area contributed by atoms with Crippen LogP contribution in [0.4, 0.5) is 15.2 Å². The van der Waals surface area contributed by atoms with Crippen LogP contribution in [0.5, 0.6) is 0 Å². The summed E-state index contributed by atoms with van der Waals surface area (Å²) in [6, 6.07) is 8.00. The Balaban J connectivity index is 1.82. The van der Waals surface area contributed by atoms with E-state index in [1.807, 2.05) is 23.8 Å². The molecule has 1 unspecified atom stereocenters. The Morgan fingerprint density at radius 3 is 2.67 bits per heavy atom. The summed E-state index contributed by atoms with van der Waals surface area (Å²) in [4.78, 5) is 5.23. The number of thiophene rings is 1. The van der Waals surface area contributed by atoms with E-state index in [9.17, 15) is 9.50 Å². The second-order valence-corrected chi connectivity index (χ2v) is 6.37. The summed E-state index contributed by atoms with van der Waals surface area (Å²) >= 11 is 2.96. The monoisotopic (exact) mass is 320 g/mol. The zero-order valence-electron chi connectivity index (χ0n) is 11.2. The van der Waals surface area contributed by atoms with Gasteiger partial charge in [0.05, 0.1) is 10.6 Å². The van der Waals surface area contributed by atoms with Crippen molar-refractivity contribution in [2.45, 2.75) is 13.0 Å². The molecule has 21 heavy (non-hydrogen) atoms. The number of benzene rings is 1. The number of rotatable bonds is 4. The fourth-order valence-corrected chi connectivity index (χ4v) is 3.63. The van der Waals surface area contributed by atoms with Crippen molar-refractivity contribution in [1.29, 1.82) is 0 Å². The third-order valence-corrected chi connectivity index (χ3v) is 4.86. The highest BCUT2D eigenvalue weighted by atomic mass is 32.1. The van der Waals surface area contributed by atoms with Crippen LogP contribution in [0.15, 0.2) is 41.1 Å². The lowest BCUT2D eigenvalue weighted by Crippen LogP contribution is -1.96. The van der Waals surface area contributed by atoms with Crippen molar-refractivity contribution in [3.05, 3.63) is 63.0 Å². The zero-order chi connectivity index (χ0) is 14.8. The van der Waals surface area contributed by atoms with E-state index < -0.39 is 6.10 Å². The van der Waals surface area contributed by atoms with E-state index in [0.717, 1.165) is 21.8 Å². The van der Waals surface area contributed by atoms with E-state index in [1.54, 1.807) is 23.5 Å². The molecule has 0 bridgehead atoms. The molecular formula is C15H13FN2OS2. The van der Waals surface area contributed by atoms with Crippen molar-refractivity contribution < 1.29 is 9.50 Å². The standard InChI is InChI=1S/C15H13FN2OS2/c1-9-14(13(19)10-6-7-20-8-10)21-15(17-9)18-12-4-2-11(16)3-5-12/h2-8,13,19H,1H3,(H,17,18). The normalized spacial score (nSPS) is 12.3. The first-order valence-electron chi connectivity index (χ1n) is 6.33. The number of nitrogens with zero attached hydrogens (tertiary/aromatic N) is 1. The number of aromatic nitrogens is 1. The van der Waals surface area contributed by atoms with Gasteiger partial charge in [-0.05, 0) is 53.6 Å². The molecule has 0 fully saturated rings. The molecule has 2 aromatic heterocycles. The quantitative estimate of drug-likeness (QED) is 0.745. The van der Waals surface area contributed by atoms with Gasteiger partial charge < -0.3 is 10.4 Å². The fourth-order valence-electron chi connectivity index (χ4n) is 1.95. The predicted octanol–water partition coefficient (Wildman–Crippen LogP) is 4.48. The molecule has 2 N–H and O–H groups in total. The van der Waals surface area contributed by atoms with Crippen molar-refractivity contribution in [3.63, 3.8) is 0 Å². The summed E-state index contributed by atoms with van der Waals surface area (Å²) in [5, 5.41) is 18.1. The maximum absolute atomic E-state index is 12.9. The number of aliphatic hydroxyl groups excluding tert-OH is 1. The van der Waals surface area contributed by atoms with E-state index >= 15 is 0 Å². The molecule has 3 aromatic rings. The molecule has 0 radical (unpaired) electrons. The minimum Gasteiger partial charge on any atom is -0.383 e. The Morgan fingerprint density at radius 2 is 2.00 bits per heavy atom. The average molecular weight is 320 g/mol. The molecule has 0 aliphatic heterocycles. The molecule has 108 valence electrons. The molecule has 0 aliphatic rings. The Hall–Kier alpha value is -1.76. The van der Waals surface area contributed by atoms with Gasteiger partial charge in [-0.15, -0.1) is 0 Å². The van der Waals surface area contributed by atoms with E-state index in [-0.39, 0.29) is 5.82 Å². The number of hydrogen-bond donors (Lipinski definition) is 2. The first-order chi connectivity index (χ1) is 10.1. The number of aliphatic hydroxyl groups is 1. The molecule has 0 spiro atoms. The number of hydrogen-bond acceptors (Lipinski definition) is 5. The zero-order valence-corrected chi connectivity index (χ0v) is 12.8. The molecule has 3 nitrogen and oxygen atoms in total. The highest BCUT2D eigenvalue weighted by Gasteiger charge is 2.18. The first-order valence-corrected chi connectivity index (χ1v) is 8.09. The van der Waals surface area contributed by atoms with Crippen molar-refractivity contribution in [1.82, 2.24) is 4.98 Å². The van der Waals surface area contributed by atoms with Crippen LogP contribution in [0.25, 0.3) is 0 Å². The molecule has 0 saturated carbocycles. The van der Waals surface area contributed by atoms with Crippen LogP contribution in [-0.4, -0.2) is 10.1 Å². The summed E-state index contributed by atoms with van der Waals surface area (Å²) in [7, 11) is 0. The minimum absolute atomic E-state index is 0.274. The van der Waals surface area contributed by atoms with Crippen LogP contribution >= 0.6 is 22.7 Å². The Labute approximate surface area is 129 Å².